The molecule has 0 atom stereocenters. The summed E-state index contributed by atoms with van der Waals surface area (Å²) in [4.78, 5) is 16.1. The Balaban J connectivity index is 1.86. The lowest BCUT2D eigenvalue weighted by Gasteiger charge is -2.47. The van der Waals surface area contributed by atoms with Crippen LogP contribution in [-0.2, 0) is 0 Å². The van der Waals surface area contributed by atoms with E-state index in [0.717, 1.165) is 12.8 Å². The summed E-state index contributed by atoms with van der Waals surface area (Å²) in [5, 5.41) is 30.0. The summed E-state index contributed by atoms with van der Waals surface area (Å²) in [6.07, 6.45) is 3.36. The van der Waals surface area contributed by atoms with Crippen molar-refractivity contribution in [3.63, 3.8) is 0 Å². The van der Waals surface area contributed by atoms with E-state index in [2.05, 4.69) is 4.98 Å². The second-order valence-corrected chi connectivity index (χ2v) is 5.17. The Morgan fingerprint density at radius 1 is 1.58 bits per heavy atom. The van der Waals surface area contributed by atoms with Gasteiger partial charge in [-0.1, -0.05) is 0 Å². The lowest BCUT2D eigenvalue weighted by Crippen LogP contribution is -2.63. The number of nitro groups is 1. The third kappa shape index (κ3) is 1.90. The second-order valence-electron chi connectivity index (χ2n) is 5.17. The summed E-state index contributed by atoms with van der Waals surface area (Å²) in [6, 6.07) is 3.05. The van der Waals surface area contributed by atoms with Crippen LogP contribution in [0.15, 0.2) is 12.3 Å². The van der Waals surface area contributed by atoms with Crippen LogP contribution in [0.25, 0.3) is 0 Å². The van der Waals surface area contributed by atoms with E-state index in [1.54, 1.807) is 4.90 Å². The first kappa shape index (κ1) is 11.9. The number of aromatic nitrogens is 1. The van der Waals surface area contributed by atoms with Gasteiger partial charge in [0.2, 0.25) is 5.82 Å². The van der Waals surface area contributed by atoms with E-state index in [1.165, 1.54) is 12.3 Å². The monoisotopic (exact) mass is 260 g/mol. The van der Waals surface area contributed by atoms with Crippen LogP contribution >= 0.6 is 0 Å². The first-order valence-corrected chi connectivity index (χ1v) is 6.05. The maximum atomic E-state index is 11.0. The van der Waals surface area contributed by atoms with Gasteiger partial charge in [0.15, 0.2) is 0 Å². The molecule has 1 N–H and O–H groups in total. The fourth-order valence-corrected chi connectivity index (χ4v) is 2.53. The average Bonchev–Trinajstić information content (AvgIpc) is 3.18. The fraction of sp³-hybridized carbons (Fsp3) is 0.500. The van der Waals surface area contributed by atoms with Gasteiger partial charge in [0, 0.05) is 12.3 Å². The molecule has 3 rings (SSSR count). The van der Waals surface area contributed by atoms with Gasteiger partial charge in [-0.2, -0.15) is 5.26 Å². The van der Waals surface area contributed by atoms with Gasteiger partial charge >= 0.3 is 5.69 Å². The van der Waals surface area contributed by atoms with Gasteiger partial charge in [-0.15, -0.1) is 0 Å². The standard InChI is InChI=1S/C12H12N4O3/c13-4-8-3-10(16(18)19)11(14-5-8)15-6-12(17,7-15)9-1-2-9/h3,5,9,17H,1-2,6-7H2. The van der Waals surface area contributed by atoms with E-state index in [1.807, 2.05) is 6.07 Å². The molecule has 0 bridgehead atoms. The molecule has 0 amide bonds. The van der Waals surface area contributed by atoms with Crippen LogP contribution in [0, 0.1) is 27.4 Å². The van der Waals surface area contributed by atoms with Gasteiger partial charge in [0.25, 0.3) is 0 Å². The van der Waals surface area contributed by atoms with Crippen molar-refractivity contribution in [1.29, 1.82) is 5.26 Å². The van der Waals surface area contributed by atoms with E-state index >= 15 is 0 Å². The predicted octanol–water partition coefficient (Wildman–Crippen LogP) is 0.823. The van der Waals surface area contributed by atoms with E-state index in [9.17, 15) is 15.2 Å². The molecule has 0 spiro atoms. The highest BCUT2D eigenvalue weighted by atomic mass is 16.6. The number of nitriles is 1. The Kier molecular flexibility index (Phi) is 2.43. The topological polar surface area (TPSA) is 103 Å². The molecule has 2 aliphatic rings. The molecular weight excluding hydrogens is 248 g/mol. The second kappa shape index (κ2) is 3.90. The molecule has 1 aromatic rings. The van der Waals surface area contributed by atoms with Crippen LogP contribution < -0.4 is 4.90 Å². The zero-order chi connectivity index (χ0) is 13.6. The third-order valence-corrected chi connectivity index (χ3v) is 3.74. The molecule has 1 aromatic heterocycles. The van der Waals surface area contributed by atoms with Crippen LogP contribution in [0.5, 0.6) is 0 Å². The Morgan fingerprint density at radius 2 is 2.26 bits per heavy atom. The van der Waals surface area contributed by atoms with Crippen molar-refractivity contribution in [1.82, 2.24) is 4.98 Å². The van der Waals surface area contributed by atoms with Crippen LogP contribution in [0.4, 0.5) is 11.5 Å². The number of hydrogen-bond donors (Lipinski definition) is 1. The van der Waals surface area contributed by atoms with Crippen molar-refractivity contribution in [2.24, 2.45) is 5.92 Å². The highest BCUT2D eigenvalue weighted by Crippen LogP contribution is 2.46. The molecule has 1 saturated carbocycles. The van der Waals surface area contributed by atoms with Crippen molar-refractivity contribution in [2.45, 2.75) is 18.4 Å². The average molecular weight is 260 g/mol. The number of hydrogen-bond acceptors (Lipinski definition) is 6. The van der Waals surface area contributed by atoms with Crippen LogP contribution in [0.2, 0.25) is 0 Å². The predicted molar refractivity (Wildman–Crippen MR) is 65.5 cm³/mol. The highest BCUT2D eigenvalue weighted by molar-refractivity contribution is 5.62. The van der Waals surface area contributed by atoms with Gasteiger partial charge in [-0.25, -0.2) is 4.98 Å². The molecule has 7 nitrogen and oxygen atoms in total. The van der Waals surface area contributed by atoms with Crippen LogP contribution in [-0.4, -0.2) is 33.7 Å². The molecule has 1 aliphatic heterocycles. The summed E-state index contributed by atoms with van der Waals surface area (Å²) in [6.45, 7) is 0.745. The molecule has 1 saturated heterocycles. The first-order valence-electron chi connectivity index (χ1n) is 6.05. The summed E-state index contributed by atoms with van der Waals surface area (Å²) >= 11 is 0. The van der Waals surface area contributed by atoms with E-state index in [4.69, 9.17) is 5.26 Å². The first-order chi connectivity index (χ1) is 9.03. The largest absolute Gasteiger partial charge is 0.386 e. The minimum Gasteiger partial charge on any atom is -0.386 e. The van der Waals surface area contributed by atoms with Crippen molar-refractivity contribution < 1.29 is 10.0 Å². The molecule has 7 heteroatoms. The van der Waals surface area contributed by atoms with Crippen molar-refractivity contribution in [3.05, 3.63) is 27.9 Å². The van der Waals surface area contributed by atoms with Gasteiger partial charge < -0.3 is 10.0 Å². The Morgan fingerprint density at radius 3 is 2.79 bits per heavy atom. The molecular formula is C12H12N4O3. The smallest absolute Gasteiger partial charge is 0.312 e. The maximum Gasteiger partial charge on any atom is 0.312 e. The van der Waals surface area contributed by atoms with Crippen molar-refractivity contribution >= 4 is 11.5 Å². The zero-order valence-corrected chi connectivity index (χ0v) is 10.1. The Bertz CT molecular complexity index is 585. The number of pyridine rings is 1. The SMILES string of the molecule is N#Cc1cnc(N2CC(O)(C3CC3)C2)c([N+](=O)[O-])c1. The van der Waals surface area contributed by atoms with Gasteiger partial charge in [-0.05, 0) is 18.8 Å². The number of rotatable bonds is 3. The lowest BCUT2D eigenvalue weighted by molar-refractivity contribution is -0.384. The van der Waals surface area contributed by atoms with E-state index in [0.29, 0.717) is 19.0 Å². The number of nitrogens with zero attached hydrogens (tertiary/aromatic N) is 4. The number of β-amino-alcohol motifs (C(OH)–C–C–N with tert-alkyl or cyclic N) is 1. The van der Waals surface area contributed by atoms with Crippen molar-refractivity contribution in [3.8, 4) is 6.07 Å². The number of aliphatic hydroxyl groups is 1. The van der Waals surface area contributed by atoms with Gasteiger partial charge in [0.05, 0.1) is 23.6 Å². The zero-order valence-electron chi connectivity index (χ0n) is 10.1. The number of anilines is 1. The quantitative estimate of drug-likeness (QED) is 0.637. The summed E-state index contributed by atoms with van der Waals surface area (Å²) < 4.78 is 0. The van der Waals surface area contributed by atoms with Crippen LogP contribution in [0.1, 0.15) is 18.4 Å². The van der Waals surface area contributed by atoms with Gasteiger partial charge in [0.1, 0.15) is 11.7 Å². The molecule has 2 heterocycles. The molecule has 2 fully saturated rings. The van der Waals surface area contributed by atoms with E-state index in [-0.39, 0.29) is 17.1 Å². The molecule has 19 heavy (non-hydrogen) atoms. The molecule has 0 radical (unpaired) electrons. The fourth-order valence-electron chi connectivity index (χ4n) is 2.53. The van der Waals surface area contributed by atoms with Crippen LogP contribution in [0.3, 0.4) is 0 Å². The highest BCUT2D eigenvalue weighted by Gasteiger charge is 2.53. The maximum absolute atomic E-state index is 11.0. The summed E-state index contributed by atoms with van der Waals surface area (Å²) in [5.41, 5.74) is -0.742. The minimum atomic E-state index is -0.719. The van der Waals surface area contributed by atoms with Crippen molar-refractivity contribution in [2.75, 3.05) is 18.0 Å². The van der Waals surface area contributed by atoms with E-state index < -0.39 is 10.5 Å². The Hall–Kier alpha value is -2.20. The molecule has 98 valence electrons. The summed E-state index contributed by atoms with van der Waals surface area (Å²) in [5.74, 6) is 0.551. The molecule has 0 aromatic carbocycles. The summed E-state index contributed by atoms with van der Waals surface area (Å²) in [7, 11) is 0. The minimum absolute atomic E-state index is 0.161. The lowest BCUT2D eigenvalue weighted by atomic mass is 9.88. The third-order valence-electron chi connectivity index (χ3n) is 3.74. The Labute approximate surface area is 109 Å². The normalized spacial score (nSPS) is 20.5. The molecule has 1 aliphatic carbocycles. The molecule has 0 unspecified atom stereocenters. The van der Waals surface area contributed by atoms with Gasteiger partial charge in [-0.3, -0.25) is 10.1 Å².